The maximum atomic E-state index is 11.4. The number of hydrogen-bond acceptors (Lipinski definition) is 6. The molecule has 0 bridgehead atoms. The van der Waals surface area contributed by atoms with Crippen LogP contribution < -0.4 is 5.73 Å². The lowest BCUT2D eigenvalue weighted by Crippen LogP contribution is -2.47. The molecule has 9 heteroatoms. The number of nitrogen functional groups attached to an aromatic ring is 1. The van der Waals surface area contributed by atoms with E-state index in [2.05, 4.69) is 4.90 Å². The average Bonchev–Trinajstić information content (AvgIpc) is 2.38. The highest BCUT2D eigenvalue weighted by atomic mass is 32.2. The summed E-state index contributed by atoms with van der Waals surface area (Å²) in [5.74, 6) is 0. The zero-order valence-electron chi connectivity index (χ0n) is 11.7. The standard InChI is InChI=1S/C12H18N4O4S/c1-21(19,20)15-6-4-14(5-7-15)9-10-2-3-12(16(17)18)11(13)8-10/h2-3,8H,4-7,9,13H2,1H3. The molecule has 8 nitrogen and oxygen atoms in total. The van der Waals surface area contributed by atoms with E-state index in [1.54, 1.807) is 12.1 Å². The highest BCUT2D eigenvalue weighted by Gasteiger charge is 2.23. The lowest BCUT2D eigenvalue weighted by atomic mass is 10.1. The van der Waals surface area contributed by atoms with Crippen molar-refractivity contribution in [3.8, 4) is 0 Å². The number of sulfonamides is 1. The minimum atomic E-state index is -3.13. The summed E-state index contributed by atoms with van der Waals surface area (Å²) in [6.07, 6.45) is 1.21. The molecule has 1 heterocycles. The molecule has 1 aliphatic rings. The Morgan fingerprint density at radius 2 is 1.90 bits per heavy atom. The Balaban J connectivity index is 1.98. The van der Waals surface area contributed by atoms with Crippen molar-refractivity contribution in [3.05, 3.63) is 33.9 Å². The smallest absolute Gasteiger partial charge is 0.292 e. The second-order valence-corrected chi connectivity index (χ2v) is 7.07. The molecule has 21 heavy (non-hydrogen) atoms. The number of nitro groups is 1. The summed E-state index contributed by atoms with van der Waals surface area (Å²) < 4.78 is 24.3. The van der Waals surface area contributed by atoms with Gasteiger partial charge >= 0.3 is 0 Å². The molecule has 2 rings (SSSR count). The Kier molecular flexibility index (Phi) is 4.45. The Morgan fingerprint density at radius 3 is 2.38 bits per heavy atom. The number of nitrogens with two attached hydrogens (primary N) is 1. The van der Waals surface area contributed by atoms with Gasteiger partial charge in [0.1, 0.15) is 5.69 Å². The first-order valence-electron chi connectivity index (χ1n) is 6.47. The Bertz CT molecular complexity index is 639. The van der Waals surface area contributed by atoms with E-state index in [0.29, 0.717) is 32.7 Å². The van der Waals surface area contributed by atoms with Crippen molar-refractivity contribution in [2.75, 3.05) is 38.2 Å². The van der Waals surface area contributed by atoms with Crippen LogP contribution in [0, 0.1) is 10.1 Å². The molecule has 0 unspecified atom stereocenters. The van der Waals surface area contributed by atoms with Gasteiger partial charge in [0.05, 0.1) is 11.2 Å². The van der Waals surface area contributed by atoms with E-state index >= 15 is 0 Å². The zero-order valence-corrected chi connectivity index (χ0v) is 12.5. The molecule has 0 aromatic heterocycles. The molecule has 0 atom stereocenters. The third-order valence-corrected chi connectivity index (χ3v) is 4.80. The van der Waals surface area contributed by atoms with E-state index < -0.39 is 14.9 Å². The number of benzene rings is 1. The zero-order chi connectivity index (χ0) is 15.6. The summed E-state index contributed by atoms with van der Waals surface area (Å²) >= 11 is 0. The van der Waals surface area contributed by atoms with Crippen LogP contribution in [0.3, 0.4) is 0 Å². The van der Waals surface area contributed by atoms with E-state index in [-0.39, 0.29) is 11.4 Å². The molecule has 0 aliphatic carbocycles. The van der Waals surface area contributed by atoms with Crippen LogP contribution in [0.2, 0.25) is 0 Å². The Hall–Kier alpha value is -1.71. The highest BCUT2D eigenvalue weighted by molar-refractivity contribution is 7.88. The fraction of sp³-hybridized carbons (Fsp3) is 0.500. The van der Waals surface area contributed by atoms with Crippen molar-refractivity contribution in [3.63, 3.8) is 0 Å². The average molecular weight is 314 g/mol. The van der Waals surface area contributed by atoms with Crippen molar-refractivity contribution in [1.82, 2.24) is 9.21 Å². The van der Waals surface area contributed by atoms with Crippen molar-refractivity contribution >= 4 is 21.4 Å². The molecule has 0 amide bonds. The molecule has 0 spiro atoms. The van der Waals surface area contributed by atoms with Gasteiger partial charge in [0, 0.05) is 38.8 Å². The van der Waals surface area contributed by atoms with Gasteiger partial charge in [-0.3, -0.25) is 15.0 Å². The maximum absolute atomic E-state index is 11.4. The van der Waals surface area contributed by atoms with Gasteiger partial charge in [0.25, 0.3) is 5.69 Å². The minimum Gasteiger partial charge on any atom is -0.393 e. The SMILES string of the molecule is CS(=O)(=O)N1CCN(Cc2ccc([N+](=O)[O-])c(N)c2)CC1. The molecule has 1 aliphatic heterocycles. The van der Waals surface area contributed by atoms with Gasteiger partial charge in [-0.15, -0.1) is 0 Å². The van der Waals surface area contributed by atoms with E-state index in [9.17, 15) is 18.5 Å². The second-order valence-electron chi connectivity index (χ2n) is 5.09. The fourth-order valence-corrected chi connectivity index (χ4v) is 3.17. The van der Waals surface area contributed by atoms with Gasteiger partial charge in [0.15, 0.2) is 0 Å². The lowest BCUT2D eigenvalue weighted by molar-refractivity contribution is -0.383. The van der Waals surface area contributed by atoms with Crippen LogP contribution in [0.25, 0.3) is 0 Å². The van der Waals surface area contributed by atoms with Crippen LogP contribution in [0.5, 0.6) is 0 Å². The third-order valence-electron chi connectivity index (χ3n) is 3.50. The highest BCUT2D eigenvalue weighted by Crippen LogP contribution is 2.23. The second kappa shape index (κ2) is 5.96. The number of nitro benzene ring substituents is 1. The molecular formula is C12H18N4O4S. The molecule has 1 aromatic rings. The fourth-order valence-electron chi connectivity index (χ4n) is 2.35. The van der Waals surface area contributed by atoms with Crippen LogP contribution in [0.4, 0.5) is 11.4 Å². The molecule has 0 saturated carbocycles. The first-order valence-corrected chi connectivity index (χ1v) is 8.32. The van der Waals surface area contributed by atoms with Gasteiger partial charge < -0.3 is 5.73 Å². The summed E-state index contributed by atoms with van der Waals surface area (Å²) in [5, 5.41) is 10.7. The first-order chi connectivity index (χ1) is 9.77. The lowest BCUT2D eigenvalue weighted by Gasteiger charge is -2.33. The summed E-state index contributed by atoms with van der Waals surface area (Å²) in [7, 11) is -3.13. The minimum absolute atomic E-state index is 0.0966. The number of rotatable bonds is 4. The van der Waals surface area contributed by atoms with Crippen LogP contribution in [0.1, 0.15) is 5.56 Å². The van der Waals surface area contributed by atoms with Gasteiger partial charge in [-0.25, -0.2) is 8.42 Å². The monoisotopic (exact) mass is 314 g/mol. The van der Waals surface area contributed by atoms with Gasteiger partial charge in [-0.05, 0) is 11.6 Å². The summed E-state index contributed by atoms with van der Waals surface area (Å²) in [5.41, 5.74) is 6.59. The quantitative estimate of drug-likeness (QED) is 0.485. The van der Waals surface area contributed by atoms with E-state index in [4.69, 9.17) is 5.73 Å². The molecular weight excluding hydrogens is 296 g/mol. The predicted molar refractivity (Wildman–Crippen MR) is 79.2 cm³/mol. The van der Waals surface area contributed by atoms with Crippen LogP contribution in [-0.4, -0.2) is 55.0 Å². The van der Waals surface area contributed by atoms with E-state index in [1.165, 1.54) is 16.6 Å². The third kappa shape index (κ3) is 3.90. The maximum Gasteiger partial charge on any atom is 0.292 e. The summed E-state index contributed by atoms with van der Waals surface area (Å²) in [6.45, 7) is 2.77. The number of nitrogens with zero attached hydrogens (tertiary/aromatic N) is 3. The van der Waals surface area contributed by atoms with Crippen molar-refractivity contribution in [2.45, 2.75) is 6.54 Å². The normalized spacial score (nSPS) is 17.8. The van der Waals surface area contributed by atoms with E-state index in [0.717, 1.165) is 5.56 Å². The van der Waals surface area contributed by atoms with Crippen molar-refractivity contribution < 1.29 is 13.3 Å². The van der Waals surface area contributed by atoms with Gasteiger partial charge in [0.2, 0.25) is 10.0 Å². The van der Waals surface area contributed by atoms with Crippen LogP contribution in [-0.2, 0) is 16.6 Å². The van der Waals surface area contributed by atoms with E-state index in [1.807, 2.05) is 0 Å². The summed E-state index contributed by atoms with van der Waals surface area (Å²) in [6, 6.07) is 4.68. The number of piperazine rings is 1. The number of anilines is 1. The largest absolute Gasteiger partial charge is 0.393 e. The van der Waals surface area contributed by atoms with Crippen molar-refractivity contribution in [1.29, 1.82) is 0 Å². The Labute approximate surface area is 123 Å². The van der Waals surface area contributed by atoms with Crippen molar-refractivity contribution in [2.24, 2.45) is 0 Å². The van der Waals surface area contributed by atoms with Gasteiger partial charge in [-0.1, -0.05) is 6.07 Å². The summed E-state index contributed by atoms with van der Waals surface area (Å²) in [4.78, 5) is 12.3. The topological polar surface area (TPSA) is 110 Å². The van der Waals surface area contributed by atoms with Gasteiger partial charge in [-0.2, -0.15) is 4.31 Å². The molecule has 116 valence electrons. The molecule has 0 radical (unpaired) electrons. The number of hydrogen-bond donors (Lipinski definition) is 1. The predicted octanol–water partition coefficient (Wildman–Crippen LogP) is 0.254. The Morgan fingerprint density at radius 1 is 1.29 bits per heavy atom. The molecule has 1 aromatic carbocycles. The molecule has 1 saturated heterocycles. The van der Waals surface area contributed by atoms with Crippen LogP contribution in [0.15, 0.2) is 18.2 Å². The molecule has 2 N–H and O–H groups in total. The molecule has 1 fully saturated rings. The van der Waals surface area contributed by atoms with Crippen LogP contribution >= 0.6 is 0 Å². The first kappa shape index (κ1) is 15.7.